The lowest BCUT2D eigenvalue weighted by Gasteiger charge is -2.19. The Morgan fingerprint density at radius 3 is 3.18 bits per heavy atom. The molecule has 3 heterocycles. The number of nitrogens with zero attached hydrogens (tertiary/aromatic N) is 2. The minimum Gasteiger partial charge on any atom is -0.332 e. The van der Waals surface area contributed by atoms with Crippen molar-refractivity contribution in [2.75, 3.05) is 11.9 Å². The molecule has 0 unspecified atom stereocenters. The van der Waals surface area contributed by atoms with Gasteiger partial charge in [0.15, 0.2) is 4.73 Å². The van der Waals surface area contributed by atoms with Crippen LogP contribution in [0.15, 0.2) is 22.2 Å². The number of aromatic nitrogens is 2. The third-order valence-electron chi connectivity index (χ3n) is 2.67. The van der Waals surface area contributed by atoms with Gasteiger partial charge in [-0.1, -0.05) is 0 Å². The second-order valence-electron chi connectivity index (χ2n) is 3.80. The zero-order valence-electron chi connectivity index (χ0n) is 9.03. The lowest BCUT2D eigenvalue weighted by Crippen LogP contribution is -2.26. The SMILES string of the molecule is Brc1nc2c(c(Nc3cccs3)n1)CNCC2. The first-order valence-corrected chi connectivity index (χ1v) is 7.07. The lowest BCUT2D eigenvalue weighted by molar-refractivity contribution is 0.626. The Morgan fingerprint density at radius 1 is 1.41 bits per heavy atom. The van der Waals surface area contributed by atoms with Crippen molar-refractivity contribution in [3.05, 3.63) is 33.5 Å². The number of halogens is 1. The number of anilines is 2. The van der Waals surface area contributed by atoms with Crippen molar-refractivity contribution in [2.45, 2.75) is 13.0 Å². The van der Waals surface area contributed by atoms with Gasteiger partial charge in [0.1, 0.15) is 5.82 Å². The second-order valence-corrected chi connectivity index (χ2v) is 5.45. The maximum Gasteiger partial charge on any atom is 0.198 e. The van der Waals surface area contributed by atoms with E-state index in [4.69, 9.17) is 0 Å². The van der Waals surface area contributed by atoms with Gasteiger partial charge in [0.05, 0.1) is 10.7 Å². The monoisotopic (exact) mass is 310 g/mol. The molecule has 2 aromatic rings. The molecule has 0 aromatic carbocycles. The summed E-state index contributed by atoms with van der Waals surface area (Å²) in [6.07, 6.45) is 0.954. The number of fused-ring (bicyclic) bond motifs is 1. The van der Waals surface area contributed by atoms with E-state index >= 15 is 0 Å². The molecule has 0 aliphatic carbocycles. The van der Waals surface area contributed by atoms with Crippen LogP contribution in [0.25, 0.3) is 0 Å². The van der Waals surface area contributed by atoms with Gasteiger partial charge in [-0.25, -0.2) is 9.97 Å². The zero-order valence-corrected chi connectivity index (χ0v) is 11.4. The van der Waals surface area contributed by atoms with Crippen molar-refractivity contribution >= 4 is 38.1 Å². The third-order valence-corrected chi connectivity index (χ3v) is 3.81. The molecule has 1 aliphatic heterocycles. The van der Waals surface area contributed by atoms with Crippen molar-refractivity contribution in [1.29, 1.82) is 0 Å². The first kappa shape index (κ1) is 11.1. The first-order valence-electron chi connectivity index (χ1n) is 5.39. The highest BCUT2D eigenvalue weighted by molar-refractivity contribution is 9.10. The van der Waals surface area contributed by atoms with Crippen molar-refractivity contribution < 1.29 is 0 Å². The van der Waals surface area contributed by atoms with Gasteiger partial charge in [-0.2, -0.15) is 0 Å². The molecular weight excluding hydrogens is 300 g/mol. The van der Waals surface area contributed by atoms with E-state index in [2.05, 4.69) is 36.5 Å². The Labute approximate surface area is 112 Å². The van der Waals surface area contributed by atoms with Crippen LogP contribution in [0.3, 0.4) is 0 Å². The van der Waals surface area contributed by atoms with E-state index in [1.807, 2.05) is 17.5 Å². The predicted octanol–water partition coefficient (Wildman–Crippen LogP) is 2.69. The summed E-state index contributed by atoms with van der Waals surface area (Å²) in [5.74, 6) is 0.900. The highest BCUT2D eigenvalue weighted by Gasteiger charge is 2.17. The maximum atomic E-state index is 4.43. The van der Waals surface area contributed by atoms with E-state index < -0.39 is 0 Å². The van der Waals surface area contributed by atoms with Crippen molar-refractivity contribution in [3.8, 4) is 0 Å². The fourth-order valence-electron chi connectivity index (χ4n) is 1.88. The molecule has 2 N–H and O–H groups in total. The number of nitrogens with one attached hydrogen (secondary N) is 2. The molecule has 0 radical (unpaired) electrons. The summed E-state index contributed by atoms with van der Waals surface area (Å²) in [5.41, 5.74) is 2.30. The Hall–Kier alpha value is -0.980. The third kappa shape index (κ3) is 2.34. The van der Waals surface area contributed by atoms with Crippen molar-refractivity contribution in [3.63, 3.8) is 0 Å². The minimum atomic E-state index is 0.650. The molecule has 2 aromatic heterocycles. The molecule has 0 fully saturated rings. The molecule has 0 saturated heterocycles. The van der Waals surface area contributed by atoms with E-state index in [1.54, 1.807) is 11.3 Å². The Balaban J connectivity index is 2.00. The Kier molecular flexibility index (Phi) is 3.09. The molecule has 6 heteroatoms. The van der Waals surface area contributed by atoms with Crippen LogP contribution in [0.5, 0.6) is 0 Å². The molecule has 88 valence electrons. The summed E-state index contributed by atoms with van der Waals surface area (Å²) < 4.78 is 0.650. The lowest BCUT2D eigenvalue weighted by atomic mass is 10.1. The first-order chi connectivity index (χ1) is 8.33. The van der Waals surface area contributed by atoms with E-state index in [-0.39, 0.29) is 0 Å². The van der Waals surface area contributed by atoms with Crippen LogP contribution in [0, 0.1) is 0 Å². The van der Waals surface area contributed by atoms with E-state index in [9.17, 15) is 0 Å². The van der Waals surface area contributed by atoms with Gasteiger partial charge in [-0.15, -0.1) is 11.3 Å². The fourth-order valence-corrected chi connectivity index (χ4v) is 2.89. The molecule has 0 spiro atoms. The number of hydrogen-bond acceptors (Lipinski definition) is 5. The van der Waals surface area contributed by atoms with Gasteiger partial charge < -0.3 is 10.6 Å². The van der Waals surface area contributed by atoms with Crippen LogP contribution in [0.2, 0.25) is 0 Å². The van der Waals surface area contributed by atoms with Gasteiger partial charge in [0.2, 0.25) is 0 Å². The molecule has 0 bridgehead atoms. The van der Waals surface area contributed by atoms with Crippen LogP contribution in [0.1, 0.15) is 11.3 Å². The van der Waals surface area contributed by atoms with Crippen LogP contribution in [0.4, 0.5) is 10.8 Å². The van der Waals surface area contributed by atoms with Gasteiger partial charge in [-0.3, -0.25) is 0 Å². The smallest absolute Gasteiger partial charge is 0.198 e. The Bertz CT molecular complexity index is 527. The molecule has 0 atom stereocenters. The van der Waals surface area contributed by atoms with Crippen molar-refractivity contribution in [2.24, 2.45) is 0 Å². The quantitative estimate of drug-likeness (QED) is 0.837. The van der Waals surface area contributed by atoms with Gasteiger partial charge in [-0.05, 0) is 33.4 Å². The summed E-state index contributed by atoms with van der Waals surface area (Å²) in [7, 11) is 0. The maximum absolute atomic E-state index is 4.43. The van der Waals surface area contributed by atoms with E-state index in [0.717, 1.165) is 36.0 Å². The fraction of sp³-hybridized carbons (Fsp3) is 0.273. The normalized spacial score (nSPS) is 14.4. The summed E-state index contributed by atoms with van der Waals surface area (Å²) in [5, 5.41) is 9.84. The number of rotatable bonds is 2. The summed E-state index contributed by atoms with van der Waals surface area (Å²) in [6, 6.07) is 4.07. The van der Waals surface area contributed by atoms with Gasteiger partial charge in [0.25, 0.3) is 0 Å². The van der Waals surface area contributed by atoms with Gasteiger partial charge >= 0.3 is 0 Å². The number of hydrogen-bond donors (Lipinski definition) is 2. The van der Waals surface area contributed by atoms with Crippen molar-refractivity contribution in [1.82, 2.24) is 15.3 Å². The molecule has 4 nitrogen and oxygen atoms in total. The average molecular weight is 311 g/mol. The average Bonchev–Trinajstić information content (AvgIpc) is 2.81. The molecule has 0 amide bonds. The molecule has 17 heavy (non-hydrogen) atoms. The molecular formula is C11H11BrN4S. The van der Waals surface area contributed by atoms with Crippen LogP contribution >= 0.6 is 27.3 Å². The predicted molar refractivity (Wildman–Crippen MR) is 72.7 cm³/mol. The van der Waals surface area contributed by atoms with E-state index in [1.165, 1.54) is 5.56 Å². The van der Waals surface area contributed by atoms with Crippen LogP contribution in [-0.4, -0.2) is 16.5 Å². The highest BCUT2D eigenvalue weighted by atomic mass is 79.9. The molecule has 1 aliphatic rings. The summed E-state index contributed by atoms with van der Waals surface area (Å²) >= 11 is 5.03. The number of thiophene rings is 1. The van der Waals surface area contributed by atoms with Gasteiger partial charge in [0, 0.05) is 25.1 Å². The topological polar surface area (TPSA) is 49.8 Å². The summed E-state index contributed by atoms with van der Waals surface area (Å²) in [6.45, 7) is 1.81. The van der Waals surface area contributed by atoms with Crippen LogP contribution < -0.4 is 10.6 Å². The summed E-state index contributed by atoms with van der Waals surface area (Å²) in [4.78, 5) is 8.86. The second kappa shape index (κ2) is 4.72. The minimum absolute atomic E-state index is 0.650. The Morgan fingerprint density at radius 2 is 2.35 bits per heavy atom. The van der Waals surface area contributed by atoms with E-state index in [0.29, 0.717) is 4.73 Å². The van der Waals surface area contributed by atoms with Crippen LogP contribution in [-0.2, 0) is 13.0 Å². The zero-order chi connectivity index (χ0) is 11.7. The molecule has 0 saturated carbocycles. The highest BCUT2D eigenvalue weighted by Crippen LogP contribution is 2.27. The molecule has 3 rings (SSSR count). The largest absolute Gasteiger partial charge is 0.332 e. The standard InChI is InChI=1S/C11H11BrN4S/c12-11-14-8-3-4-13-6-7(8)10(16-11)15-9-2-1-5-17-9/h1-2,5,13H,3-4,6H2,(H,14,15,16).